The maximum absolute atomic E-state index is 15.5. The van der Waals surface area contributed by atoms with Crippen LogP contribution in [0.15, 0.2) is 48.7 Å². The summed E-state index contributed by atoms with van der Waals surface area (Å²) >= 11 is 6.78. The second-order valence-electron chi connectivity index (χ2n) is 12.9. The van der Waals surface area contributed by atoms with Gasteiger partial charge in [0.2, 0.25) is 0 Å². The molecule has 1 aromatic heterocycles. The highest BCUT2D eigenvalue weighted by Crippen LogP contribution is 2.48. The lowest BCUT2D eigenvalue weighted by atomic mass is 9.81. The quantitative estimate of drug-likeness (QED) is 0.231. The van der Waals surface area contributed by atoms with E-state index in [1.54, 1.807) is 58.2 Å². The van der Waals surface area contributed by atoms with Gasteiger partial charge >= 0.3 is 5.97 Å². The molecular formula is C34H41ClF2N2O4. The highest BCUT2D eigenvalue weighted by Gasteiger charge is 2.48. The highest BCUT2D eigenvalue weighted by molar-refractivity contribution is 6.31. The molecule has 43 heavy (non-hydrogen) atoms. The molecule has 1 N–H and O–H groups in total. The number of aliphatic carboxylic acids is 1. The van der Waals surface area contributed by atoms with Gasteiger partial charge in [-0.15, -0.1) is 0 Å². The minimum Gasteiger partial charge on any atom is -0.490 e. The summed E-state index contributed by atoms with van der Waals surface area (Å²) in [5, 5.41) is 10.7. The molecule has 1 unspecified atom stereocenters. The van der Waals surface area contributed by atoms with Gasteiger partial charge in [-0.05, 0) is 80.8 Å². The second kappa shape index (κ2) is 12.8. The molecular weight excluding hydrogens is 574 g/mol. The molecule has 2 aromatic carbocycles. The number of aromatic nitrogens is 1. The Kier molecular flexibility index (Phi) is 9.72. The van der Waals surface area contributed by atoms with Gasteiger partial charge in [-0.2, -0.15) is 0 Å². The summed E-state index contributed by atoms with van der Waals surface area (Å²) in [5.41, 5.74) is 0.347. The second-order valence-corrected chi connectivity index (χ2v) is 13.3. The van der Waals surface area contributed by atoms with Crippen LogP contribution >= 0.6 is 11.6 Å². The molecule has 0 radical (unpaired) electrons. The zero-order valence-corrected chi connectivity index (χ0v) is 26.5. The molecule has 1 aliphatic heterocycles. The van der Waals surface area contributed by atoms with Crippen molar-refractivity contribution in [2.75, 3.05) is 24.6 Å². The number of anilines is 1. The molecule has 0 spiro atoms. The fourth-order valence-corrected chi connectivity index (χ4v) is 5.84. The third-order valence-electron chi connectivity index (χ3n) is 7.97. The molecule has 1 atom stereocenters. The van der Waals surface area contributed by atoms with E-state index < -0.39 is 23.0 Å². The van der Waals surface area contributed by atoms with Crippen molar-refractivity contribution in [3.05, 3.63) is 76.6 Å². The van der Waals surface area contributed by atoms with Crippen molar-refractivity contribution in [2.45, 2.75) is 78.4 Å². The van der Waals surface area contributed by atoms with Gasteiger partial charge in [0.25, 0.3) is 0 Å². The summed E-state index contributed by atoms with van der Waals surface area (Å²) in [4.78, 5) is 19.6. The van der Waals surface area contributed by atoms with Crippen LogP contribution in [0.1, 0.15) is 71.9 Å². The zero-order chi connectivity index (χ0) is 31.6. The first-order valence-corrected chi connectivity index (χ1v) is 15.1. The van der Waals surface area contributed by atoms with Gasteiger partial charge in [0, 0.05) is 31.3 Å². The van der Waals surface area contributed by atoms with Gasteiger partial charge in [-0.1, -0.05) is 50.6 Å². The van der Waals surface area contributed by atoms with Gasteiger partial charge in [0.15, 0.2) is 17.2 Å². The van der Waals surface area contributed by atoms with Crippen LogP contribution in [0.2, 0.25) is 5.15 Å². The van der Waals surface area contributed by atoms with E-state index in [9.17, 15) is 14.3 Å². The summed E-state index contributed by atoms with van der Waals surface area (Å²) in [7, 11) is 0. The molecule has 0 saturated carbocycles. The zero-order valence-electron chi connectivity index (χ0n) is 25.8. The molecule has 6 nitrogen and oxygen atoms in total. The van der Waals surface area contributed by atoms with Crippen LogP contribution < -0.4 is 9.64 Å². The number of carboxylic acid groups (broad SMARTS) is 1. The fourth-order valence-electron chi connectivity index (χ4n) is 5.55. The minimum absolute atomic E-state index is 0.0401. The molecule has 3 aromatic rings. The standard InChI is InChI=1S/C34H41ClF2N2O4/c1-7-34(31(40)41,43-32(2,3)4)28-29(39-17-15-33(5,6)16-18-39)25(21-38-30(28)35)23-10-13-27(26(37)20-23)42-19-14-22-8-11-24(36)12-9-22/h8-13,20-21H,7,14-19H2,1-6H3,(H,40,41). The van der Waals surface area contributed by atoms with Crippen molar-refractivity contribution < 1.29 is 28.2 Å². The monoisotopic (exact) mass is 614 g/mol. The largest absolute Gasteiger partial charge is 0.490 e. The van der Waals surface area contributed by atoms with E-state index in [2.05, 4.69) is 23.7 Å². The van der Waals surface area contributed by atoms with Gasteiger partial charge in [0.1, 0.15) is 11.0 Å². The average Bonchev–Trinajstić information content (AvgIpc) is 2.93. The van der Waals surface area contributed by atoms with Crippen LogP contribution in [0.3, 0.4) is 0 Å². The van der Waals surface area contributed by atoms with Crippen molar-refractivity contribution in [3.63, 3.8) is 0 Å². The summed E-state index contributed by atoms with van der Waals surface area (Å²) in [6, 6.07) is 10.8. The SMILES string of the molecule is CCC(OC(C)(C)C)(C(=O)O)c1c(Cl)ncc(-c2ccc(OCCc3ccc(F)cc3)c(F)c2)c1N1CCC(C)(C)CC1. The molecule has 232 valence electrons. The number of piperidine rings is 1. The van der Waals surface area contributed by atoms with Gasteiger partial charge in [-0.25, -0.2) is 18.6 Å². The van der Waals surface area contributed by atoms with Crippen molar-refractivity contribution in [1.29, 1.82) is 0 Å². The fraction of sp³-hybridized carbons (Fsp3) is 0.471. The first kappa shape index (κ1) is 32.7. The molecule has 4 rings (SSSR count). The molecule has 1 aliphatic rings. The van der Waals surface area contributed by atoms with E-state index in [0.717, 1.165) is 18.4 Å². The molecule has 1 saturated heterocycles. The van der Waals surface area contributed by atoms with Crippen molar-refractivity contribution >= 4 is 23.3 Å². The van der Waals surface area contributed by atoms with Gasteiger partial charge < -0.3 is 19.5 Å². The van der Waals surface area contributed by atoms with E-state index >= 15 is 4.39 Å². The number of hydrogen-bond acceptors (Lipinski definition) is 5. The van der Waals surface area contributed by atoms with E-state index in [-0.39, 0.29) is 40.7 Å². The highest BCUT2D eigenvalue weighted by atomic mass is 35.5. The normalized spacial score (nSPS) is 16.5. The minimum atomic E-state index is -1.79. The number of benzene rings is 2. The van der Waals surface area contributed by atoms with Crippen LogP contribution in [0, 0.1) is 17.0 Å². The van der Waals surface area contributed by atoms with E-state index in [4.69, 9.17) is 21.1 Å². The Bertz CT molecular complexity index is 1450. The van der Waals surface area contributed by atoms with Crippen LogP contribution in [-0.4, -0.2) is 41.4 Å². The Morgan fingerprint density at radius 3 is 2.30 bits per heavy atom. The van der Waals surface area contributed by atoms with E-state index in [0.29, 0.717) is 36.3 Å². The first-order chi connectivity index (χ1) is 20.2. The molecule has 0 amide bonds. The van der Waals surface area contributed by atoms with Gasteiger partial charge in [0.05, 0.1) is 23.5 Å². The topological polar surface area (TPSA) is 71.9 Å². The van der Waals surface area contributed by atoms with Crippen molar-refractivity contribution in [2.24, 2.45) is 5.41 Å². The van der Waals surface area contributed by atoms with Crippen LogP contribution in [0.4, 0.5) is 14.5 Å². The maximum Gasteiger partial charge on any atom is 0.340 e. The summed E-state index contributed by atoms with van der Waals surface area (Å²) in [5.74, 6) is -1.97. The average molecular weight is 615 g/mol. The molecule has 0 bridgehead atoms. The van der Waals surface area contributed by atoms with Crippen molar-refractivity contribution in [3.8, 4) is 16.9 Å². The van der Waals surface area contributed by atoms with Crippen LogP contribution in [0.5, 0.6) is 5.75 Å². The summed E-state index contributed by atoms with van der Waals surface area (Å²) < 4.78 is 40.7. The number of carboxylic acids is 1. The Morgan fingerprint density at radius 1 is 1.09 bits per heavy atom. The lowest BCUT2D eigenvalue weighted by Crippen LogP contribution is -2.46. The Morgan fingerprint density at radius 2 is 1.74 bits per heavy atom. The lowest BCUT2D eigenvalue weighted by molar-refractivity contribution is -0.188. The number of halogens is 3. The molecule has 2 heterocycles. The summed E-state index contributed by atoms with van der Waals surface area (Å²) in [6.45, 7) is 13.1. The number of rotatable bonds is 10. The van der Waals surface area contributed by atoms with Crippen LogP contribution in [0.25, 0.3) is 11.1 Å². The smallest absolute Gasteiger partial charge is 0.340 e. The Labute approximate surface area is 258 Å². The Balaban J connectivity index is 1.78. The third-order valence-corrected chi connectivity index (χ3v) is 8.26. The predicted octanol–water partition coefficient (Wildman–Crippen LogP) is 8.43. The van der Waals surface area contributed by atoms with Gasteiger partial charge in [-0.3, -0.25) is 0 Å². The van der Waals surface area contributed by atoms with E-state index in [1.165, 1.54) is 18.2 Å². The number of hydrogen-bond donors (Lipinski definition) is 1. The number of ether oxygens (including phenoxy) is 2. The third kappa shape index (κ3) is 7.47. The number of pyridine rings is 1. The molecule has 9 heteroatoms. The molecule has 0 aliphatic carbocycles. The summed E-state index contributed by atoms with van der Waals surface area (Å²) in [6.07, 6.45) is 3.93. The predicted molar refractivity (Wildman–Crippen MR) is 166 cm³/mol. The van der Waals surface area contributed by atoms with Crippen molar-refractivity contribution in [1.82, 2.24) is 4.98 Å². The van der Waals surface area contributed by atoms with Crippen LogP contribution in [-0.2, 0) is 21.6 Å². The Hall–Kier alpha value is -3.23. The first-order valence-electron chi connectivity index (χ1n) is 14.7. The maximum atomic E-state index is 15.5. The number of nitrogens with zero attached hydrogens (tertiary/aromatic N) is 2. The lowest BCUT2D eigenvalue weighted by Gasteiger charge is -2.43. The number of carbonyl (C=O) groups is 1. The van der Waals surface area contributed by atoms with E-state index in [1.807, 2.05) is 0 Å². The molecule has 1 fully saturated rings.